The van der Waals surface area contributed by atoms with E-state index in [0.29, 0.717) is 18.0 Å². The first-order valence-electron chi connectivity index (χ1n) is 8.55. The number of rotatable bonds is 7. The fraction of sp³-hybridized carbons (Fsp3) is 0.556. The zero-order chi connectivity index (χ0) is 19.1. The van der Waals surface area contributed by atoms with Gasteiger partial charge in [-0.3, -0.25) is 9.69 Å². The Hall–Kier alpha value is -2.48. The SMILES string of the molecule is COc1cc2c(c(OC)c1OC)CCCN(C[C@H](C)NC(=O)/C=N/O)C2. The largest absolute Gasteiger partial charge is 0.493 e. The number of amides is 1. The van der Waals surface area contributed by atoms with Crippen LogP contribution in [0.1, 0.15) is 24.5 Å². The zero-order valence-corrected chi connectivity index (χ0v) is 15.7. The van der Waals surface area contributed by atoms with E-state index in [2.05, 4.69) is 15.4 Å². The van der Waals surface area contributed by atoms with Crippen LogP contribution in [-0.4, -0.2) is 62.7 Å². The fourth-order valence-electron chi connectivity index (χ4n) is 3.40. The van der Waals surface area contributed by atoms with E-state index in [1.165, 1.54) is 0 Å². The molecule has 2 N–H and O–H groups in total. The Morgan fingerprint density at radius 3 is 2.69 bits per heavy atom. The Balaban J connectivity index is 2.20. The molecule has 1 aliphatic heterocycles. The maximum atomic E-state index is 11.5. The lowest BCUT2D eigenvalue weighted by Crippen LogP contribution is -2.42. The van der Waals surface area contributed by atoms with Gasteiger partial charge in [0.15, 0.2) is 11.5 Å². The van der Waals surface area contributed by atoms with Crippen LogP contribution in [0.2, 0.25) is 0 Å². The molecule has 1 aromatic carbocycles. The van der Waals surface area contributed by atoms with Gasteiger partial charge < -0.3 is 24.7 Å². The Kier molecular flexibility index (Phi) is 7.08. The molecule has 1 amide bonds. The van der Waals surface area contributed by atoms with Crippen molar-refractivity contribution in [1.82, 2.24) is 10.2 Å². The van der Waals surface area contributed by atoms with Crippen molar-refractivity contribution in [2.45, 2.75) is 32.4 Å². The van der Waals surface area contributed by atoms with Crippen LogP contribution in [0, 0.1) is 0 Å². The number of oxime groups is 1. The van der Waals surface area contributed by atoms with E-state index >= 15 is 0 Å². The van der Waals surface area contributed by atoms with Crippen molar-refractivity contribution in [3.63, 3.8) is 0 Å². The van der Waals surface area contributed by atoms with E-state index < -0.39 is 5.91 Å². The van der Waals surface area contributed by atoms with Crippen molar-refractivity contribution in [3.05, 3.63) is 17.2 Å². The number of fused-ring (bicyclic) bond motifs is 1. The van der Waals surface area contributed by atoms with E-state index in [1.54, 1.807) is 21.3 Å². The molecule has 0 unspecified atom stereocenters. The number of methoxy groups -OCH3 is 3. The minimum atomic E-state index is -0.414. The second-order valence-electron chi connectivity index (χ2n) is 6.28. The highest BCUT2D eigenvalue weighted by Gasteiger charge is 2.24. The summed E-state index contributed by atoms with van der Waals surface area (Å²) in [6, 6.07) is 1.92. The van der Waals surface area contributed by atoms with E-state index in [0.717, 1.165) is 49.0 Å². The Morgan fingerprint density at radius 2 is 2.08 bits per heavy atom. The molecule has 1 aromatic rings. The van der Waals surface area contributed by atoms with Crippen LogP contribution in [0.5, 0.6) is 17.2 Å². The number of hydrogen-bond donors (Lipinski definition) is 2. The lowest BCUT2D eigenvalue weighted by Gasteiger charge is -2.25. The van der Waals surface area contributed by atoms with Crippen LogP contribution in [0.25, 0.3) is 0 Å². The van der Waals surface area contributed by atoms with E-state index in [1.807, 2.05) is 13.0 Å². The molecule has 1 atom stereocenters. The van der Waals surface area contributed by atoms with Crippen LogP contribution in [0.3, 0.4) is 0 Å². The predicted octanol–water partition coefficient (Wildman–Crippen LogP) is 1.43. The van der Waals surface area contributed by atoms with E-state index in [9.17, 15) is 4.79 Å². The quantitative estimate of drug-likeness (QED) is 0.431. The number of benzene rings is 1. The van der Waals surface area contributed by atoms with Crippen molar-refractivity contribution in [2.75, 3.05) is 34.4 Å². The monoisotopic (exact) mass is 365 g/mol. The van der Waals surface area contributed by atoms with E-state index in [4.69, 9.17) is 19.4 Å². The van der Waals surface area contributed by atoms with Crippen LogP contribution in [0.15, 0.2) is 11.2 Å². The van der Waals surface area contributed by atoms with Crippen LogP contribution in [-0.2, 0) is 17.8 Å². The molecule has 0 bridgehead atoms. The average molecular weight is 365 g/mol. The highest BCUT2D eigenvalue weighted by molar-refractivity contribution is 6.26. The average Bonchev–Trinajstić information content (AvgIpc) is 2.81. The molecule has 0 saturated heterocycles. The van der Waals surface area contributed by atoms with Crippen molar-refractivity contribution in [3.8, 4) is 17.2 Å². The number of carbonyl (C=O) groups is 1. The number of ether oxygens (including phenoxy) is 3. The standard InChI is InChI=1S/C18H27N3O5/c1-12(20-16(22)9-19-23)10-21-7-5-6-14-13(11-21)8-15(24-2)18(26-4)17(14)25-3/h8-9,12,23H,5-7,10-11H2,1-4H3,(H,20,22)/b19-9+/t12-/m0/s1. The summed E-state index contributed by atoms with van der Waals surface area (Å²) < 4.78 is 16.6. The molecule has 0 aliphatic carbocycles. The van der Waals surface area contributed by atoms with Gasteiger partial charge in [0.05, 0.1) is 21.3 Å². The molecule has 1 heterocycles. The molecule has 2 rings (SSSR count). The number of nitrogens with zero attached hydrogens (tertiary/aromatic N) is 2. The summed E-state index contributed by atoms with van der Waals surface area (Å²) in [5, 5.41) is 13.9. The number of nitrogens with one attached hydrogen (secondary N) is 1. The maximum Gasteiger partial charge on any atom is 0.266 e. The number of hydrogen-bond acceptors (Lipinski definition) is 7. The highest BCUT2D eigenvalue weighted by Crippen LogP contribution is 2.43. The summed E-state index contributed by atoms with van der Waals surface area (Å²) >= 11 is 0. The Bertz CT molecular complexity index is 663. The molecule has 144 valence electrons. The van der Waals surface area contributed by atoms with Gasteiger partial charge in [-0.1, -0.05) is 5.16 Å². The summed E-state index contributed by atoms with van der Waals surface area (Å²) in [6.45, 7) is 4.22. The smallest absolute Gasteiger partial charge is 0.266 e. The van der Waals surface area contributed by atoms with Crippen molar-refractivity contribution < 1.29 is 24.2 Å². The molecule has 0 radical (unpaired) electrons. The van der Waals surface area contributed by atoms with Gasteiger partial charge in [0.2, 0.25) is 5.75 Å². The van der Waals surface area contributed by atoms with Crippen LogP contribution >= 0.6 is 0 Å². The van der Waals surface area contributed by atoms with Crippen molar-refractivity contribution >= 4 is 12.1 Å². The van der Waals surface area contributed by atoms with Gasteiger partial charge in [-0.25, -0.2) is 0 Å². The molecule has 1 aliphatic rings. The van der Waals surface area contributed by atoms with Gasteiger partial charge in [-0.2, -0.15) is 0 Å². The molecule has 0 fully saturated rings. The third-order valence-electron chi connectivity index (χ3n) is 4.42. The lowest BCUT2D eigenvalue weighted by atomic mass is 10.0. The van der Waals surface area contributed by atoms with Gasteiger partial charge in [0, 0.05) is 24.7 Å². The molecule has 26 heavy (non-hydrogen) atoms. The summed E-state index contributed by atoms with van der Waals surface area (Å²) in [5.74, 6) is 1.57. The Labute approximate surface area is 153 Å². The van der Waals surface area contributed by atoms with Gasteiger partial charge in [0.1, 0.15) is 6.21 Å². The minimum Gasteiger partial charge on any atom is -0.493 e. The lowest BCUT2D eigenvalue weighted by molar-refractivity contribution is -0.115. The molecular formula is C18H27N3O5. The summed E-state index contributed by atoms with van der Waals surface area (Å²) in [7, 11) is 4.86. The Morgan fingerprint density at radius 1 is 1.35 bits per heavy atom. The molecule has 0 spiro atoms. The molecule has 8 heteroatoms. The summed E-state index contributed by atoms with van der Waals surface area (Å²) in [4.78, 5) is 13.8. The van der Waals surface area contributed by atoms with Crippen LogP contribution < -0.4 is 19.5 Å². The van der Waals surface area contributed by atoms with Gasteiger partial charge >= 0.3 is 0 Å². The molecule has 0 saturated carbocycles. The summed E-state index contributed by atoms with van der Waals surface area (Å²) in [5.41, 5.74) is 2.27. The van der Waals surface area contributed by atoms with Crippen LogP contribution in [0.4, 0.5) is 0 Å². The third-order valence-corrected chi connectivity index (χ3v) is 4.42. The van der Waals surface area contributed by atoms with Crippen molar-refractivity contribution in [1.29, 1.82) is 0 Å². The normalized spacial score (nSPS) is 15.8. The predicted molar refractivity (Wildman–Crippen MR) is 97.6 cm³/mol. The van der Waals surface area contributed by atoms with Crippen molar-refractivity contribution in [2.24, 2.45) is 5.16 Å². The van der Waals surface area contributed by atoms with Gasteiger partial charge in [-0.15, -0.1) is 0 Å². The molecular weight excluding hydrogens is 338 g/mol. The topological polar surface area (TPSA) is 92.6 Å². The first-order valence-corrected chi connectivity index (χ1v) is 8.55. The second-order valence-corrected chi connectivity index (χ2v) is 6.28. The minimum absolute atomic E-state index is 0.0795. The first kappa shape index (κ1) is 19.8. The highest BCUT2D eigenvalue weighted by atomic mass is 16.5. The fourth-order valence-corrected chi connectivity index (χ4v) is 3.40. The maximum absolute atomic E-state index is 11.5. The third kappa shape index (κ3) is 4.57. The number of carbonyl (C=O) groups excluding carboxylic acids is 1. The second kappa shape index (κ2) is 9.28. The van der Waals surface area contributed by atoms with Gasteiger partial charge in [0.25, 0.3) is 5.91 Å². The zero-order valence-electron chi connectivity index (χ0n) is 15.7. The molecule has 8 nitrogen and oxygen atoms in total. The van der Waals surface area contributed by atoms with E-state index in [-0.39, 0.29) is 6.04 Å². The summed E-state index contributed by atoms with van der Waals surface area (Å²) in [6.07, 6.45) is 2.71. The first-order chi connectivity index (χ1) is 12.5. The van der Waals surface area contributed by atoms with Gasteiger partial charge in [-0.05, 0) is 37.9 Å². The molecule has 0 aromatic heterocycles.